The third-order valence-electron chi connectivity index (χ3n) is 3.91. The van der Waals surface area contributed by atoms with Gasteiger partial charge in [-0.1, -0.05) is 55.5 Å². The predicted octanol–water partition coefficient (Wildman–Crippen LogP) is 4.18. The fraction of sp³-hybridized carbons (Fsp3) is 0.211. The molecule has 1 N–H and O–H groups in total. The zero-order valence-electron chi connectivity index (χ0n) is 12.2. The number of nitrogens with zero attached hydrogens (tertiary/aromatic N) is 1. The number of aliphatic imine (C=N–C) groups is 1. The van der Waals surface area contributed by atoms with Gasteiger partial charge in [-0.05, 0) is 34.0 Å². The second-order valence-corrected chi connectivity index (χ2v) is 5.26. The van der Waals surface area contributed by atoms with Crippen LogP contribution >= 0.6 is 0 Å². The number of hydrogen-bond donors (Lipinski definition) is 1. The summed E-state index contributed by atoms with van der Waals surface area (Å²) in [7, 11) is 0. The molecule has 0 heterocycles. The summed E-state index contributed by atoms with van der Waals surface area (Å²) in [6, 6.07) is 18.9. The van der Waals surface area contributed by atoms with Crippen LogP contribution in [0.3, 0.4) is 0 Å². The molecule has 21 heavy (non-hydrogen) atoms. The molecule has 0 bridgehead atoms. The van der Waals surface area contributed by atoms with E-state index in [4.69, 9.17) is 0 Å². The van der Waals surface area contributed by atoms with E-state index in [0.29, 0.717) is 0 Å². The van der Waals surface area contributed by atoms with Crippen LogP contribution in [-0.2, 0) is 0 Å². The maximum Gasteiger partial charge on any atom is 0.0727 e. The Morgan fingerprint density at radius 2 is 1.57 bits per heavy atom. The average Bonchev–Trinajstić information content (AvgIpc) is 2.54. The lowest BCUT2D eigenvalue weighted by atomic mass is 9.97. The zero-order chi connectivity index (χ0) is 14.7. The van der Waals surface area contributed by atoms with Crippen LogP contribution in [0.25, 0.3) is 21.5 Å². The highest BCUT2D eigenvalue weighted by Gasteiger charge is 2.06. The van der Waals surface area contributed by atoms with Crippen molar-refractivity contribution in [3.63, 3.8) is 0 Å². The van der Waals surface area contributed by atoms with E-state index in [1.54, 1.807) is 0 Å². The Labute approximate surface area is 124 Å². The lowest BCUT2D eigenvalue weighted by Crippen LogP contribution is -2.08. The topological polar surface area (TPSA) is 32.6 Å². The van der Waals surface area contributed by atoms with Crippen LogP contribution in [0.1, 0.15) is 18.9 Å². The maximum absolute atomic E-state index is 9.32. The Kier molecular flexibility index (Phi) is 3.98. The number of fused-ring (bicyclic) bond motifs is 2. The van der Waals surface area contributed by atoms with Crippen molar-refractivity contribution in [1.82, 2.24) is 0 Å². The lowest BCUT2D eigenvalue weighted by Gasteiger charge is -2.09. The van der Waals surface area contributed by atoms with E-state index < -0.39 is 0 Å². The first-order chi connectivity index (χ1) is 10.3. The third-order valence-corrected chi connectivity index (χ3v) is 3.91. The molecule has 0 aliphatic carbocycles. The Morgan fingerprint density at radius 3 is 2.10 bits per heavy atom. The van der Waals surface area contributed by atoms with Gasteiger partial charge in [-0.15, -0.1) is 0 Å². The Morgan fingerprint density at radius 1 is 1.00 bits per heavy atom. The molecule has 0 aliphatic heterocycles. The minimum atomic E-state index is -0.0252. The largest absolute Gasteiger partial charge is 0.394 e. The molecule has 0 spiro atoms. The van der Waals surface area contributed by atoms with Gasteiger partial charge in [0.1, 0.15) is 0 Å². The number of hydrogen-bond acceptors (Lipinski definition) is 2. The van der Waals surface area contributed by atoms with E-state index in [0.717, 1.165) is 12.0 Å². The van der Waals surface area contributed by atoms with Crippen molar-refractivity contribution in [3.8, 4) is 0 Å². The number of rotatable bonds is 4. The summed E-state index contributed by atoms with van der Waals surface area (Å²) in [5.74, 6) is 0. The molecule has 3 aromatic carbocycles. The monoisotopic (exact) mass is 277 g/mol. The summed E-state index contributed by atoms with van der Waals surface area (Å²) in [6.07, 6.45) is 2.77. The normalized spacial score (nSPS) is 13.2. The van der Waals surface area contributed by atoms with Crippen LogP contribution < -0.4 is 0 Å². The second-order valence-electron chi connectivity index (χ2n) is 5.26. The van der Waals surface area contributed by atoms with Gasteiger partial charge in [-0.2, -0.15) is 0 Å². The highest BCUT2D eigenvalue weighted by atomic mass is 16.3. The van der Waals surface area contributed by atoms with Gasteiger partial charge in [0.25, 0.3) is 0 Å². The summed E-state index contributed by atoms with van der Waals surface area (Å²) in [5.41, 5.74) is 1.13. The molecule has 106 valence electrons. The third kappa shape index (κ3) is 2.67. The molecular weight excluding hydrogens is 258 g/mol. The SMILES string of the molecule is CC[C@H](CO)N=Cc1c2ccccc2cc2ccccc12. The van der Waals surface area contributed by atoms with Crippen LogP contribution in [0.5, 0.6) is 0 Å². The molecule has 2 heteroatoms. The zero-order valence-corrected chi connectivity index (χ0v) is 12.2. The van der Waals surface area contributed by atoms with Crippen LogP contribution in [0.15, 0.2) is 59.6 Å². The smallest absolute Gasteiger partial charge is 0.0727 e. The van der Waals surface area contributed by atoms with E-state index in [1.165, 1.54) is 21.5 Å². The summed E-state index contributed by atoms with van der Waals surface area (Å²) < 4.78 is 0. The first-order valence-corrected chi connectivity index (χ1v) is 7.38. The second kappa shape index (κ2) is 6.06. The van der Waals surface area contributed by atoms with Crippen LogP contribution in [0.4, 0.5) is 0 Å². The fourth-order valence-corrected chi connectivity index (χ4v) is 2.65. The minimum absolute atomic E-state index is 0.0252. The van der Waals surface area contributed by atoms with Crippen molar-refractivity contribution in [3.05, 3.63) is 60.2 Å². The summed E-state index contributed by atoms with van der Waals surface area (Å²) in [6.45, 7) is 2.13. The van der Waals surface area contributed by atoms with Gasteiger partial charge in [-0.25, -0.2) is 0 Å². The molecule has 0 aliphatic rings. The van der Waals surface area contributed by atoms with Gasteiger partial charge < -0.3 is 5.11 Å². The van der Waals surface area contributed by atoms with E-state index >= 15 is 0 Å². The molecule has 0 aromatic heterocycles. The van der Waals surface area contributed by atoms with Crippen LogP contribution in [0.2, 0.25) is 0 Å². The molecule has 3 aromatic rings. The first-order valence-electron chi connectivity index (χ1n) is 7.38. The Bertz CT molecular complexity index is 734. The van der Waals surface area contributed by atoms with Crippen LogP contribution in [-0.4, -0.2) is 24.0 Å². The van der Waals surface area contributed by atoms with Gasteiger partial charge in [-0.3, -0.25) is 4.99 Å². The van der Waals surface area contributed by atoms with E-state index in [2.05, 4.69) is 59.6 Å². The fourth-order valence-electron chi connectivity index (χ4n) is 2.65. The van der Waals surface area contributed by atoms with E-state index in [-0.39, 0.29) is 12.6 Å². The van der Waals surface area contributed by atoms with E-state index in [9.17, 15) is 5.11 Å². The number of aliphatic hydroxyl groups excluding tert-OH is 1. The summed E-state index contributed by atoms with van der Waals surface area (Å²) >= 11 is 0. The Balaban J connectivity index is 2.25. The van der Waals surface area contributed by atoms with Crippen molar-refractivity contribution in [2.24, 2.45) is 4.99 Å². The Hall–Kier alpha value is -2.19. The standard InChI is InChI=1S/C19H19NO/c1-2-16(13-21)20-12-19-17-9-5-3-7-14(17)11-15-8-4-6-10-18(15)19/h3-12,16,21H,2,13H2,1H3/t16-/m1/s1. The number of aliphatic hydroxyl groups is 1. The van der Waals surface area contributed by atoms with Crippen molar-refractivity contribution < 1.29 is 5.11 Å². The molecule has 0 amide bonds. The predicted molar refractivity (Wildman–Crippen MR) is 90.2 cm³/mol. The molecule has 2 nitrogen and oxygen atoms in total. The lowest BCUT2D eigenvalue weighted by molar-refractivity contribution is 0.264. The molecule has 0 radical (unpaired) electrons. The first kappa shape index (κ1) is 13.8. The molecule has 0 saturated heterocycles. The molecule has 0 fully saturated rings. The highest BCUT2D eigenvalue weighted by Crippen LogP contribution is 2.27. The number of benzene rings is 3. The van der Waals surface area contributed by atoms with Crippen molar-refractivity contribution in [2.45, 2.75) is 19.4 Å². The van der Waals surface area contributed by atoms with Crippen molar-refractivity contribution in [1.29, 1.82) is 0 Å². The highest BCUT2D eigenvalue weighted by molar-refractivity contribution is 6.13. The van der Waals surface area contributed by atoms with Gasteiger partial charge in [0.05, 0.1) is 12.6 Å². The average molecular weight is 277 g/mol. The summed E-state index contributed by atoms with van der Waals surface area (Å²) in [4.78, 5) is 4.56. The molecular formula is C19H19NO. The van der Waals surface area contributed by atoms with Gasteiger partial charge in [0.15, 0.2) is 0 Å². The quantitative estimate of drug-likeness (QED) is 0.563. The molecule has 0 unspecified atom stereocenters. The molecule has 0 saturated carbocycles. The van der Waals surface area contributed by atoms with Gasteiger partial charge in [0, 0.05) is 11.8 Å². The maximum atomic E-state index is 9.32. The molecule has 3 rings (SSSR count). The van der Waals surface area contributed by atoms with Crippen LogP contribution in [0, 0.1) is 0 Å². The minimum Gasteiger partial charge on any atom is -0.394 e. The van der Waals surface area contributed by atoms with E-state index in [1.807, 2.05) is 13.1 Å². The molecule has 1 atom stereocenters. The summed E-state index contributed by atoms with van der Waals surface area (Å²) in [5, 5.41) is 14.2. The van der Waals surface area contributed by atoms with Gasteiger partial charge >= 0.3 is 0 Å². The van der Waals surface area contributed by atoms with Gasteiger partial charge in [0.2, 0.25) is 0 Å². The van der Waals surface area contributed by atoms with Crippen molar-refractivity contribution in [2.75, 3.05) is 6.61 Å². The van der Waals surface area contributed by atoms with Crippen molar-refractivity contribution >= 4 is 27.8 Å².